The molecule has 0 radical (unpaired) electrons. The van der Waals surface area contributed by atoms with Gasteiger partial charge in [0.15, 0.2) is 0 Å². The Kier molecular flexibility index (Phi) is 2.14. The van der Waals surface area contributed by atoms with Gasteiger partial charge in [-0.15, -0.1) is 0 Å². The van der Waals surface area contributed by atoms with Crippen molar-refractivity contribution < 1.29 is 4.74 Å². The van der Waals surface area contributed by atoms with Gasteiger partial charge in [-0.05, 0) is 32.7 Å². The van der Waals surface area contributed by atoms with Crippen LogP contribution < -0.4 is 0 Å². The Labute approximate surface area is 68.5 Å². The second-order valence-electron chi connectivity index (χ2n) is 3.80. The van der Waals surface area contributed by atoms with Gasteiger partial charge < -0.3 is 4.74 Å². The van der Waals surface area contributed by atoms with Crippen molar-refractivity contribution in [3.63, 3.8) is 0 Å². The highest BCUT2D eigenvalue weighted by Crippen LogP contribution is 2.19. The first kappa shape index (κ1) is 7.56. The van der Waals surface area contributed by atoms with Crippen molar-refractivity contribution in [2.24, 2.45) is 0 Å². The zero-order chi connectivity index (χ0) is 7.68. The fourth-order valence-electron chi connectivity index (χ4n) is 1.53. The maximum absolute atomic E-state index is 5.14. The summed E-state index contributed by atoms with van der Waals surface area (Å²) in [5, 5.41) is 0. The van der Waals surface area contributed by atoms with Crippen LogP contribution in [-0.2, 0) is 4.74 Å². The van der Waals surface area contributed by atoms with Crippen LogP contribution in [-0.4, -0.2) is 36.7 Å². The molecular weight excluding hydrogens is 138 g/mol. The summed E-state index contributed by atoms with van der Waals surface area (Å²) in [7, 11) is 0. The highest BCUT2D eigenvalue weighted by Gasteiger charge is 2.28. The highest BCUT2D eigenvalue weighted by molar-refractivity contribution is 4.84. The van der Waals surface area contributed by atoms with Crippen molar-refractivity contribution >= 4 is 0 Å². The number of unbranched alkanes of at least 4 members (excludes halogenated alkanes) is 1. The monoisotopic (exact) mass is 155 g/mol. The molecule has 2 fully saturated rings. The summed E-state index contributed by atoms with van der Waals surface area (Å²) in [6, 6.07) is 0.882. The van der Waals surface area contributed by atoms with Crippen LogP contribution in [0.15, 0.2) is 0 Å². The van der Waals surface area contributed by atoms with E-state index in [1.54, 1.807) is 0 Å². The molecule has 0 aromatic rings. The third kappa shape index (κ3) is 2.46. The smallest absolute Gasteiger partial charge is 0.0810 e. The molecule has 0 spiro atoms. The van der Waals surface area contributed by atoms with E-state index >= 15 is 0 Å². The number of rotatable bonds is 5. The fourth-order valence-corrected chi connectivity index (χ4v) is 1.53. The Hall–Kier alpha value is -0.0800. The Bertz CT molecular complexity index is 134. The average molecular weight is 155 g/mol. The maximum atomic E-state index is 5.14. The van der Waals surface area contributed by atoms with Gasteiger partial charge in [-0.2, -0.15) is 0 Å². The molecule has 0 N–H and O–H groups in total. The van der Waals surface area contributed by atoms with Gasteiger partial charge in [0, 0.05) is 12.6 Å². The van der Waals surface area contributed by atoms with Crippen LogP contribution in [0.25, 0.3) is 0 Å². The molecular formula is C9H17NO. The highest BCUT2D eigenvalue weighted by atomic mass is 16.6. The van der Waals surface area contributed by atoms with Gasteiger partial charge >= 0.3 is 0 Å². The molecule has 2 rings (SSSR count). The molecule has 11 heavy (non-hydrogen) atoms. The third-order valence-electron chi connectivity index (χ3n) is 2.61. The molecule has 0 aromatic heterocycles. The largest absolute Gasteiger partial charge is 0.373 e. The lowest BCUT2D eigenvalue weighted by atomic mass is 10.2. The number of epoxide rings is 1. The lowest BCUT2D eigenvalue weighted by molar-refractivity contribution is 0.383. The first-order valence-electron chi connectivity index (χ1n) is 4.72. The minimum Gasteiger partial charge on any atom is -0.373 e. The van der Waals surface area contributed by atoms with Crippen LogP contribution in [0.5, 0.6) is 0 Å². The van der Waals surface area contributed by atoms with E-state index < -0.39 is 0 Å². The normalized spacial score (nSPS) is 40.6. The van der Waals surface area contributed by atoms with Crippen molar-refractivity contribution in [1.29, 1.82) is 0 Å². The van der Waals surface area contributed by atoms with Gasteiger partial charge in [0.05, 0.1) is 12.7 Å². The minimum absolute atomic E-state index is 0.640. The molecule has 0 aromatic carbocycles. The van der Waals surface area contributed by atoms with Crippen LogP contribution in [0, 0.1) is 0 Å². The van der Waals surface area contributed by atoms with Gasteiger partial charge in [-0.1, -0.05) is 0 Å². The van der Waals surface area contributed by atoms with E-state index in [9.17, 15) is 0 Å². The molecule has 2 aliphatic heterocycles. The molecule has 2 saturated heterocycles. The van der Waals surface area contributed by atoms with Crippen molar-refractivity contribution in [1.82, 2.24) is 4.90 Å². The Morgan fingerprint density at radius 2 is 2.18 bits per heavy atom. The molecule has 2 heteroatoms. The predicted molar refractivity (Wildman–Crippen MR) is 44.6 cm³/mol. The van der Waals surface area contributed by atoms with E-state index in [2.05, 4.69) is 11.8 Å². The maximum Gasteiger partial charge on any atom is 0.0810 e. The molecule has 0 bridgehead atoms. The minimum atomic E-state index is 0.640. The molecule has 0 saturated carbocycles. The lowest BCUT2D eigenvalue weighted by Crippen LogP contribution is -2.02. The summed E-state index contributed by atoms with van der Waals surface area (Å²) in [4.78, 5) is 2.52. The van der Waals surface area contributed by atoms with Crippen LogP contribution in [0.3, 0.4) is 0 Å². The lowest BCUT2D eigenvalue weighted by Gasteiger charge is -1.99. The van der Waals surface area contributed by atoms with Crippen molar-refractivity contribution in [2.45, 2.75) is 38.3 Å². The molecule has 2 aliphatic rings. The molecule has 2 nitrogen and oxygen atoms in total. The number of hydrogen-bond donors (Lipinski definition) is 0. The molecule has 3 unspecified atom stereocenters. The third-order valence-corrected chi connectivity index (χ3v) is 2.61. The van der Waals surface area contributed by atoms with Gasteiger partial charge in [-0.25, -0.2) is 0 Å². The second-order valence-corrected chi connectivity index (χ2v) is 3.80. The number of ether oxygens (including phenoxy) is 1. The van der Waals surface area contributed by atoms with E-state index in [1.807, 2.05) is 0 Å². The van der Waals surface area contributed by atoms with Crippen molar-refractivity contribution in [3.05, 3.63) is 0 Å². The Morgan fingerprint density at radius 3 is 2.73 bits per heavy atom. The number of nitrogens with zero attached hydrogens (tertiary/aromatic N) is 1. The van der Waals surface area contributed by atoms with Crippen LogP contribution in [0.1, 0.15) is 26.2 Å². The first-order valence-corrected chi connectivity index (χ1v) is 4.72. The summed E-state index contributed by atoms with van der Waals surface area (Å²) in [5.74, 6) is 0. The molecule has 64 valence electrons. The van der Waals surface area contributed by atoms with E-state index in [1.165, 1.54) is 32.4 Å². The predicted octanol–water partition coefficient (Wildman–Crippen LogP) is 1.26. The summed E-state index contributed by atoms with van der Waals surface area (Å²) < 4.78 is 5.14. The van der Waals surface area contributed by atoms with Gasteiger partial charge in [0.25, 0.3) is 0 Å². The standard InChI is InChI=1S/C9H17NO/c1-8-6-10(8)5-3-2-4-9-7-11-9/h8-9H,2-7H2,1H3. The zero-order valence-electron chi connectivity index (χ0n) is 7.25. The summed E-state index contributed by atoms with van der Waals surface area (Å²) in [5.41, 5.74) is 0. The first-order chi connectivity index (χ1) is 5.36. The molecule has 0 amide bonds. The quantitative estimate of drug-likeness (QED) is 0.439. The van der Waals surface area contributed by atoms with Crippen LogP contribution in [0.2, 0.25) is 0 Å². The molecule has 2 heterocycles. The summed E-state index contributed by atoms with van der Waals surface area (Å²) in [6.45, 7) is 5.97. The second kappa shape index (κ2) is 3.11. The van der Waals surface area contributed by atoms with Gasteiger partial charge in [0.2, 0.25) is 0 Å². The van der Waals surface area contributed by atoms with E-state index in [-0.39, 0.29) is 0 Å². The average Bonchev–Trinajstić information content (AvgIpc) is 2.81. The summed E-state index contributed by atoms with van der Waals surface area (Å²) >= 11 is 0. The van der Waals surface area contributed by atoms with E-state index in [4.69, 9.17) is 4.74 Å². The SMILES string of the molecule is CC1CN1CCCCC1CO1. The van der Waals surface area contributed by atoms with Crippen LogP contribution in [0.4, 0.5) is 0 Å². The fraction of sp³-hybridized carbons (Fsp3) is 1.00. The van der Waals surface area contributed by atoms with Gasteiger partial charge in [0.1, 0.15) is 0 Å². The molecule has 0 aliphatic carbocycles. The van der Waals surface area contributed by atoms with Crippen LogP contribution >= 0.6 is 0 Å². The molecule has 3 atom stereocenters. The van der Waals surface area contributed by atoms with E-state index in [0.29, 0.717) is 6.10 Å². The zero-order valence-corrected chi connectivity index (χ0v) is 7.25. The van der Waals surface area contributed by atoms with E-state index in [0.717, 1.165) is 12.6 Å². The Morgan fingerprint density at radius 1 is 1.45 bits per heavy atom. The number of hydrogen-bond acceptors (Lipinski definition) is 2. The summed E-state index contributed by atoms with van der Waals surface area (Å²) in [6.07, 6.45) is 4.65. The van der Waals surface area contributed by atoms with Crippen molar-refractivity contribution in [2.75, 3.05) is 19.7 Å². The van der Waals surface area contributed by atoms with Gasteiger partial charge in [-0.3, -0.25) is 4.90 Å². The Balaban J connectivity index is 1.41. The topological polar surface area (TPSA) is 15.5 Å². The van der Waals surface area contributed by atoms with Crippen molar-refractivity contribution in [3.8, 4) is 0 Å².